The van der Waals surface area contributed by atoms with Crippen LogP contribution < -0.4 is 10.5 Å². The largest absolute Gasteiger partial charge is 0.504 e. The number of nitrogens with two attached hydrogens (primary N) is 1. The molecule has 4 rings (SSSR count). The van der Waals surface area contributed by atoms with Gasteiger partial charge in [-0.2, -0.15) is 0 Å². The average molecular weight is 435 g/mol. The monoisotopic (exact) mass is 435 g/mol. The van der Waals surface area contributed by atoms with E-state index in [-0.39, 0.29) is 47.7 Å². The summed E-state index contributed by atoms with van der Waals surface area (Å²) >= 11 is 0. The van der Waals surface area contributed by atoms with Crippen molar-refractivity contribution in [1.29, 1.82) is 0 Å². The van der Waals surface area contributed by atoms with Crippen LogP contribution in [0.25, 0.3) is 0 Å². The van der Waals surface area contributed by atoms with Crippen LogP contribution >= 0.6 is 0 Å². The first-order valence-corrected chi connectivity index (χ1v) is 10.5. The van der Waals surface area contributed by atoms with Crippen molar-refractivity contribution in [2.75, 3.05) is 13.7 Å². The number of carbonyl (C=O) groups is 2. The molecule has 1 aliphatic heterocycles. The third-order valence-corrected chi connectivity index (χ3v) is 5.84. The lowest BCUT2D eigenvalue weighted by molar-refractivity contribution is -0.139. The number of allylic oxidation sites excluding steroid dienone is 2. The molecule has 3 N–H and O–H groups in total. The van der Waals surface area contributed by atoms with Crippen LogP contribution in [-0.2, 0) is 19.1 Å². The van der Waals surface area contributed by atoms with E-state index in [0.717, 1.165) is 5.56 Å². The highest BCUT2D eigenvalue weighted by Gasteiger charge is 2.43. The van der Waals surface area contributed by atoms with Crippen molar-refractivity contribution in [3.8, 4) is 11.5 Å². The maximum atomic E-state index is 13.4. The average Bonchev–Trinajstić information content (AvgIpc) is 2.79. The van der Waals surface area contributed by atoms with E-state index in [1.807, 2.05) is 30.3 Å². The molecular weight excluding hydrogens is 410 g/mol. The van der Waals surface area contributed by atoms with Gasteiger partial charge in [-0.25, -0.2) is 4.79 Å². The zero-order valence-corrected chi connectivity index (χ0v) is 18.0. The Bertz CT molecular complexity index is 1120. The fraction of sp³-hybridized carbons (Fsp3) is 0.280. The van der Waals surface area contributed by atoms with Gasteiger partial charge < -0.3 is 25.1 Å². The molecule has 2 aromatic carbocycles. The summed E-state index contributed by atoms with van der Waals surface area (Å²) in [5.41, 5.74) is 8.29. The molecule has 1 heterocycles. The Morgan fingerprint density at radius 3 is 2.59 bits per heavy atom. The van der Waals surface area contributed by atoms with Gasteiger partial charge in [0.25, 0.3) is 0 Å². The van der Waals surface area contributed by atoms with E-state index >= 15 is 0 Å². The number of esters is 1. The summed E-state index contributed by atoms with van der Waals surface area (Å²) in [5, 5.41) is 10.0. The number of rotatable bonds is 5. The van der Waals surface area contributed by atoms with E-state index in [2.05, 4.69) is 0 Å². The van der Waals surface area contributed by atoms with Crippen LogP contribution in [0.4, 0.5) is 0 Å². The second kappa shape index (κ2) is 8.78. The minimum Gasteiger partial charge on any atom is -0.504 e. The van der Waals surface area contributed by atoms with Gasteiger partial charge in [0, 0.05) is 18.4 Å². The van der Waals surface area contributed by atoms with Crippen molar-refractivity contribution in [1.82, 2.24) is 0 Å². The maximum Gasteiger partial charge on any atom is 0.340 e. The van der Waals surface area contributed by atoms with Crippen LogP contribution in [-0.4, -0.2) is 30.6 Å². The zero-order chi connectivity index (χ0) is 22.8. The first kappa shape index (κ1) is 21.5. The number of phenols is 1. The smallest absolute Gasteiger partial charge is 0.340 e. The second-order valence-electron chi connectivity index (χ2n) is 7.74. The minimum absolute atomic E-state index is 0.0469. The van der Waals surface area contributed by atoms with Crippen molar-refractivity contribution < 1.29 is 28.9 Å². The Morgan fingerprint density at radius 1 is 1.16 bits per heavy atom. The molecule has 0 unspecified atom stereocenters. The lowest BCUT2D eigenvalue weighted by Crippen LogP contribution is -2.33. The molecule has 7 nitrogen and oxygen atoms in total. The predicted octanol–water partition coefficient (Wildman–Crippen LogP) is 3.65. The lowest BCUT2D eigenvalue weighted by atomic mass is 9.73. The Balaban J connectivity index is 1.83. The second-order valence-corrected chi connectivity index (χ2v) is 7.74. The number of aromatic hydroxyl groups is 1. The Hall–Kier alpha value is -3.74. The summed E-state index contributed by atoms with van der Waals surface area (Å²) < 4.78 is 16.3. The molecule has 0 spiro atoms. The molecule has 0 saturated heterocycles. The van der Waals surface area contributed by atoms with E-state index in [9.17, 15) is 14.7 Å². The van der Waals surface area contributed by atoms with Crippen LogP contribution in [0, 0.1) is 0 Å². The minimum atomic E-state index is -0.781. The molecule has 0 amide bonds. The number of ketones is 1. The van der Waals surface area contributed by atoms with Crippen molar-refractivity contribution in [3.05, 3.63) is 82.4 Å². The van der Waals surface area contributed by atoms with E-state index in [1.54, 1.807) is 19.1 Å². The summed E-state index contributed by atoms with van der Waals surface area (Å²) in [5.74, 6) is -1.04. The van der Waals surface area contributed by atoms with E-state index in [4.69, 9.17) is 19.9 Å². The summed E-state index contributed by atoms with van der Waals surface area (Å²) in [6.45, 7) is 1.84. The zero-order valence-electron chi connectivity index (χ0n) is 18.0. The fourth-order valence-corrected chi connectivity index (χ4v) is 4.38. The van der Waals surface area contributed by atoms with Crippen LogP contribution in [0.15, 0.2) is 71.3 Å². The third kappa shape index (κ3) is 3.82. The van der Waals surface area contributed by atoms with Crippen LogP contribution in [0.3, 0.4) is 0 Å². The number of carbonyl (C=O) groups excluding carboxylic acids is 2. The number of phenolic OH excluding ortho intramolecular Hbond substituents is 1. The third-order valence-electron chi connectivity index (χ3n) is 5.84. The highest BCUT2D eigenvalue weighted by atomic mass is 16.5. The topological polar surface area (TPSA) is 108 Å². The first-order chi connectivity index (χ1) is 15.4. The van der Waals surface area contributed by atoms with Gasteiger partial charge in [-0.15, -0.1) is 0 Å². The van der Waals surface area contributed by atoms with Crippen molar-refractivity contribution >= 4 is 11.8 Å². The molecule has 0 fully saturated rings. The predicted molar refractivity (Wildman–Crippen MR) is 117 cm³/mol. The van der Waals surface area contributed by atoms with Gasteiger partial charge in [0.05, 0.1) is 19.6 Å². The SMILES string of the molecule is CCOC(=O)C1=C(N)OC2=C(C(=O)C[C@H](c3ccccc3)C2)[C@H]1c1ccc(O)c(OC)c1. The van der Waals surface area contributed by atoms with Crippen molar-refractivity contribution in [2.45, 2.75) is 31.6 Å². The molecule has 2 aliphatic rings. The molecular formula is C25H25NO6. The van der Waals surface area contributed by atoms with Crippen LogP contribution in [0.1, 0.15) is 42.7 Å². The highest BCUT2D eigenvalue weighted by Crippen LogP contribution is 2.48. The Morgan fingerprint density at radius 2 is 1.91 bits per heavy atom. The van der Waals surface area contributed by atoms with Crippen molar-refractivity contribution in [2.24, 2.45) is 5.73 Å². The molecule has 166 valence electrons. The van der Waals surface area contributed by atoms with Gasteiger partial charge >= 0.3 is 5.97 Å². The van der Waals surface area contributed by atoms with E-state index < -0.39 is 11.9 Å². The number of methoxy groups -OCH3 is 1. The van der Waals surface area contributed by atoms with Crippen LogP contribution in [0.2, 0.25) is 0 Å². The summed E-state index contributed by atoms with van der Waals surface area (Å²) in [6.07, 6.45) is 0.765. The number of Topliss-reactive ketones (excluding diaryl/α,β-unsaturated/α-hetero) is 1. The Labute approximate surface area is 186 Å². The summed E-state index contributed by atoms with van der Waals surface area (Å²) in [7, 11) is 1.43. The van der Waals surface area contributed by atoms with Gasteiger partial charge in [0.1, 0.15) is 11.3 Å². The molecule has 0 saturated carbocycles. The molecule has 32 heavy (non-hydrogen) atoms. The van der Waals surface area contributed by atoms with E-state index in [0.29, 0.717) is 23.3 Å². The molecule has 0 aromatic heterocycles. The Kier molecular flexibility index (Phi) is 5.90. The number of hydrogen-bond donors (Lipinski definition) is 2. The van der Waals surface area contributed by atoms with Gasteiger partial charge in [0.15, 0.2) is 17.3 Å². The van der Waals surface area contributed by atoms with E-state index in [1.165, 1.54) is 13.2 Å². The molecule has 7 heteroatoms. The van der Waals surface area contributed by atoms with Gasteiger partial charge in [0.2, 0.25) is 5.88 Å². The standard InChI is InChI=1S/C25H25NO6/c1-3-31-25(29)23-21(15-9-10-17(27)19(12-15)30-2)22-18(28)11-16(13-20(22)32-24(23)26)14-7-5-4-6-8-14/h4-10,12,16,21,27H,3,11,13,26H2,1-2H3/t16-,21+/m0/s1. The first-order valence-electron chi connectivity index (χ1n) is 10.5. The van der Waals surface area contributed by atoms with Gasteiger partial charge in [-0.1, -0.05) is 36.4 Å². The quantitative estimate of drug-likeness (QED) is 0.690. The van der Waals surface area contributed by atoms with Crippen molar-refractivity contribution in [3.63, 3.8) is 0 Å². The van der Waals surface area contributed by atoms with Gasteiger partial charge in [-0.05, 0) is 36.1 Å². The number of ether oxygens (including phenoxy) is 3. The fourth-order valence-electron chi connectivity index (χ4n) is 4.38. The highest BCUT2D eigenvalue weighted by molar-refractivity contribution is 6.03. The molecule has 0 radical (unpaired) electrons. The van der Waals surface area contributed by atoms with Gasteiger partial charge in [-0.3, -0.25) is 4.79 Å². The van der Waals surface area contributed by atoms with Crippen LogP contribution in [0.5, 0.6) is 11.5 Å². The molecule has 1 aliphatic carbocycles. The molecule has 0 bridgehead atoms. The maximum absolute atomic E-state index is 13.4. The summed E-state index contributed by atoms with van der Waals surface area (Å²) in [4.78, 5) is 26.2. The lowest BCUT2D eigenvalue weighted by Gasteiger charge is -2.35. The number of benzene rings is 2. The number of hydrogen-bond acceptors (Lipinski definition) is 7. The molecule has 2 atom stereocenters. The summed E-state index contributed by atoms with van der Waals surface area (Å²) in [6, 6.07) is 14.5. The molecule has 2 aromatic rings. The normalized spacial score (nSPS) is 20.5.